The number of fused-ring (bicyclic) bond motifs is 3. The average Bonchev–Trinajstić information content (AvgIpc) is 3.60. The van der Waals surface area contributed by atoms with Gasteiger partial charge in [-0.05, 0) is 53.9 Å². The molecule has 2 aromatic carbocycles. The summed E-state index contributed by atoms with van der Waals surface area (Å²) in [6.45, 7) is 0.682. The molecule has 0 radical (unpaired) electrons. The van der Waals surface area contributed by atoms with Crippen molar-refractivity contribution in [2.75, 3.05) is 13.2 Å². The molecule has 7 nitrogen and oxygen atoms in total. The van der Waals surface area contributed by atoms with E-state index in [4.69, 9.17) is 9.84 Å². The molecule has 33 heavy (non-hydrogen) atoms. The lowest BCUT2D eigenvalue weighted by atomic mass is 9.98. The van der Waals surface area contributed by atoms with Crippen molar-refractivity contribution < 1.29 is 24.2 Å². The topological polar surface area (TPSA) is 105 Å². The van der Waals surface area contributed by atoms with Crippen LogP contribution in [-0.4, -0.2) is 42.3 Å². The molecule has 0 heterocycles. The van der Waals surface area contributed by atoms with Crippen LogP contribution in [0.5, 0.6) is 0 Å². The van der Waals surface area contributed by atoms with Gasteiger partial charge in [-0.2, -0.15) is 0 Å². The van der Waals surface area contributed by atoms with Gasteiger partial charge in [-0.15, -0.1) is 0 Å². The van der Waals surface area contributed by atoms with Crippen molar-refractivity contribution in [1.82, 2.24) is 10.6 Å². The van der Waals surface area contributed by atoms with Crippen LogP contribution in [0.25, 0.3) is 11.1 Å². The largest absolute Gasteiger partial charge is 0.481 e. The average molecular weight is 451 g/mol. The number of benzene rings is 2. The second-order valence-electron chi connectivity index (χ2n) is 8.82. The van der Waals surface area contributed by atoms with Gasteiger partial charge in [0.2, 0.25) is 5.91 Å². The second kappa shape index (κ2) is 10.5. The van der Waals surface area contributed by atoms with Crippen molar-refractivity contribution in [3.8, 4) is 11.1 Å². The number of amides is 2. The number of nitrogens with one attached hydrogen (secondary N) is 2. The van der Waals surface area contributed by atoms with E-state index in [1.54, 1.807) is 0 Å². The van der Waals surface area contributed by atoms with Crippen LogP contribution in [0.1, 0.15) is 55.6 Å². The second-order valence-corrected chi connectivity index (χ2v) is 8.82. The first-order valence-corrected chi connectivity index (χ1v) is 11.6. The molecule has 2 aliphatic rings. The molecule has 3 N–H and O–H groups in total. The third-order valence-electron chi connectivity index (χ3n) is 6.38. The van der Waals surface area contributed by atoms with Gasteiger partial charge in [-0.25, -0.2) is 4.79 Å². The lowest BCUT2D eigenvalue weighted by Crippen LogP contribution is -2.41. The van der Waals surface area contributed by atoms with E-state index in [2.05, 4.69) is 34.9 Å². The number of unbranched alkanes of at least 4 members (excludes halogenated alkanes) is 1. The standard InChI is InChI=1S/C26H30N2O5/c29-24(27-14-6-5-11-25(30)31)15-23(17-12-13-17)28-26(32)33-16-22-20-9-3-1-7-18(20)19-8-2-4-10-21(19)22/h1-4,7-10,17,22-23H,5-6,11-16H2,(H,27,29)(H,28,32)(H,30,31). The highest BCUT2D eigenvalue weighted by atomic mass is 16.5. The normalized spacial score (nSPS) is 15.3. The molecule has 4 rings (SSSR count). The third kappa shape index (κ3) is 5.92. The van der Waals surface area contributed by atoms with Gasteiger partial charge < -0.3 is 20.5 Å². The summed E-state index contributed by atoms with van der Waals surface area (Å²) in [5, 5.41) is 14.4. The predicted octanol–water partition coefficient (Wildman–Crippen LogP) is 4.06. The molecule has 1 atom stereocenters. The first-order chi connectivity index (χ1) is 16.0. The van der Waals surface area contributed by atoms with Crippen LogP contribution >= 0.6 is 0 Å². The minimum absolute atomic E-state index is 0.00312. The number of carboxylic acid groups (broad SMARTS) is 1. The van der Waals surface area contributed by atoms with Crippen LogP contribution in [0.2, 0.25) is 0 Å². The molecule has 0 saturated heterocycles. The van der Waals surface area contributed by atoms with Crippen molar-refractivity contribution >= 4 is 18.0 Å². The molecule has 1 fully saturated rings. The quantitative estimate of drug-likeness (QED) is 0.448. The monoisotopic (exact) mass is 450 g/mol. The molecule has 0 spiro atoms. The SMILES string of the molecule is O=C(O)CCCCNC(=O)CC(NC(=O)OCC1c2ccccc2-c2ccccc21)C1CC1. The van der Waals surface area contributed by atoms with Gasteiger partial charge in [-0.1, -0.05) is 48.5 Å². The number of ether oxygens (including phenoxy) is 1. The molecule has 174 valence electrons. The fourth-order valence-electron chi connectivity index (χ4n) is 4.53. The van der Waals surface area contributed by atoms with Gasteiger partial charge in [0, 0.05) is 31.3 Å². The maximum Gasteiger partial charge on any atom is 0.407 e. The highest BCUT2D eigenvalue weighted by Gasteiger charge is 2.35. The molecule has 0 aromatic heterocycles. The molecule has 7 heteroatoms. The van der Waals surface area contributed by atoms with Crippen LogP contribution in [0.3, 0.4) is 0 Å². The lowest BCUT2D eigenvalue weighted by molar-refractivity contribution is -0.137. The van der Waals surface area contributed by atoms with E-state index in [-0.39, 0.29) is 37.3 Å². The van der Waals surface area contributed by atoms with E-state index in [9.17, 15) is 14.4 Å². The number of alkyl carbamates (subject to hydrolysis) is 1. The molecule has 0 aliphatic heterocycles. The van der Waals surface area contributed by atoms with E-state index in [1.807, 2.05) is 24.3 Å². The van der Waals surface area contributed by atoms with E-state index < -0.39 is 12.1 Å². The number of hydrogen-bond acceptors (Lipinski definition) is 4. The van der Waals surface area contributed by atoms with E-state index in [0.29, 0.717) is 25.3 Å². The highest BCUT2D eigenvalue weighted by Crippen LogP contribution is 2.44. The first-order valence-electron chi connectivity index (χ1n) is 11.6. The molecule has 1 saturated carbocycles. The van der Waals surface area contributed by atoms with Crippen LogP contribution < -0.4 is 10.6 Å². The summed E-state index contributed by atoms with van der Waals surface area (Å²) in [5.74, 6) is -0.677. The number of carboxylic acids is 1. The molecule has 2 amide bonds. The van der Waals surface area contributed by atoms with Crippen molar-refractivity contribution in [1.29, 1.82) is 0 Å². The highest BCUT2D eigenvalue weighted by molar-refractivity contribution is 5.79. The Labute approximate surface area is 193 Å². The van der Waals surface area contributed by atoms with Gasteiger partial charge in [0.1, 0.15) is 6.61 Å². The zero-order valence-corrected chi connectivity index (χ0v) is 18.6. The zero-order chi connectivity index (χ0) is 23.2. The Morgan fingerprint density at radius 3 is 2.21 bits per heavy atom. The van der Waals surface area contributed by atoms with Crippen molar-refractivity contribution in [3.05, 3.63) is 59.7 Å². The molecule has 1 unspecified atom stereocenters. The van der Waals surface area contributed by atoms with Crippen LogP contribution in [-0.2, 0) is 14.3 Å². The van der Waals surface area contributed by atoms with Gasteiger partial charge in [-0.3, -0.25) is 9.59 Å². The summed E-state index contributed by atoms with van der Waals surface area (Å²) in [5.41, 5.74) is 4.68. The number of rotatable bonds is 11. The van der Waals surface area contributed by atoms with E-state index >= 15 is 0 Å². The first kappa shape index (κ1) is 22.8. The van der Waals surface area contributed by atoms with Crippen LogP contribution in [0.15, 0.2) is 48.5 Å². The summed E-state index contributed by atoms with van der Waals surface area (Å²) in [7, 11) is 0. The lowest BCUT2D eigenvalue weighted by Gasteiger charge is -2.19. The molecule has 2 aromatic rings. The number of hydrogen-bond donors (Lipinski definition) is 3. The van der Waals surface area contributed by atoms with Gasteiger partial charge in [0.25, 0.3) is 0 Å². The summed E-state index contributed by atoms with van der Waals surface area (Å²) >= 11 is 0. The molecule has 0 bridgehead atoms. The maximum absolute atomic E-state index is 12.6. The van der Waals surface area contributed by atoms with Gasteiger partial charge in [0.05, 0.1) is 0 Å². The fraction of sp³-hybridized carbons (Fsp3) is 0.423. The summed E-state index contributed by atoms with van der Waals surface area (Å²) in [6, 6.07) is 16.1. The Morgan fingerprint density at radius 2 is 1.61 bits per heavy atom. The van der Waals surface area contributed by atoms with Crippen LogP contribution in [0.4, 0.5) is 4.79 Å². The van der Waals surface area contributed by atoms with E-state index in [1.165, 1.54) is 11.1 Å². The van der Waals surface area contributed by atoms with Crippen molar-refractivity contribution in [2.24, 2.45) is 5.92 Å². The number of aliphatic carboxylic acids is 1. The van der Waals surface area contributed by atoms with Gasteiger partial charge >= 0.3 is 12.1 Å². The minimum Gasteiger partial charge on any atom is -0.481 e. The Kier molecular flexibility index (Phi) is 7.27. The molecule has 2 aliphatic carbocycles. The smallest absolute Gasteiger partial charge is 0.407 e. The molecular formula is C26H30N2O5. The fourth-order valence-corrected chi connectivity index (χ4v) is 4.53. The van der Waals surface area contributed by atoms with Crippen molar-refractivity contribution in [3.63, 3.8) is 0 Å². The molecular weight excluding hydrogens is 420 g/mol. The van der Waals surface area contributed by atoms with Gasteiger partial charge in [0.15, 0.2) is 0 Å². The minimum atomic E-state index is -0.831. The Hall–Kier alpha value is -3.35. The van der Waals surface area contributed by atoms with Crippen LogP contribution in [0, 0.1) is 5.92 Å². The maximum atomic E-state index is 12.6. The third-order valence-corrected chi connectivity index (χ3v) is 6.38. The summed E-state index contributed by atoms with van der Waals surface area (Å²) in [4.78, 5) is 35.4. The Balaban J connectivity index is 1.27. The summed E-state index contributed by atoms with van der Waals surface area (Å²) in [6.07, 6.45) is 2.92. The number of carbonyl (C=O) groups excluding carboxylic acids is 2. The Morgan fingerprint density at radius 1 is 0.970 bits per heavy atom. The predicted molar refractivity (Wildman–Crippen MR) is 124 cm³/mol. The Bertz CT molecular complexity index is 972. The van der Waals surface area contributed by atoms with Crippen molar-refractivity contribution in [2.45, 2.75) is 50.5 Å². The summed E-state index contributed by atoms with van der Waals surface area (Å²) < 4.78 is 5.63. The van der Waals surface area contributed by atoms with E-state index in [0.717, 1.165) is 24.0 Å². The zero-order valence-electron chi connectivity index (χ0n) is 18.6. The number of carbonyl (C=O) groups is 3.